The first kappa shape index (κ1) is 12.9. The SMILES string of the molecule is C[C@]12CC[C@H]3[C@@H](CC4C5=CC(=O)CC4[C@@]53C)[C@@H]1CC[C@@H]2O. The van der Waals surface area contributed by atoms with E-state index in [1.165, 1.54) is 31.3 Å². The maximum atomic E-state index is 11.8. The van der Waals surface area contributed by atoms with Gasteiger partial charge in [0, 0.05) is 6.42 Å². The lowest BCUT2D eigenvalue weighted by Crippen LogP contribution is -2.65. The van der Waals surface area contributed by atoms with Gasteiger partial charge >= 0.3 is 0 Å². The maximum absolute atomic E-state index is 11.8. The Morgan fingerprint density at radius 3 is 2.67 bits per heavy atom. The van der Waals surface area contributed by atoms with E-state index in [1.54, 1.807) is 0 Å². The fourth-order valence-electron chi connectivity index (χ4n) is 7.62. The molecule has 6 aliphatic carbocycles. The third-order valence-corrected chi connectivity index (χ3v) is 8.70. The van der Waals surface area contributed by atoms with Gasteiger partial charge in [0.25, 0.3) is 0 Å². The average molecular weight is 286 g/mol. The molecule has 0 aromatic carbocycles. The molecule has 0 radical (unpaired) electrons. The van der Waals surface area contributed by atoms with Crippen LogP contribution in [-0.2, 0) is 4.79 Å². The number of hydrogen-bond acceptors (Lipinski definition) is 2. The Bertz CT molecular complexity index is 564. The smallest absolute Gasteiger partial charge is 0.156 e. The highest BCUT2D eigenvalue weighted by Crippen LogP contribution is 2.75. The number of ketones is 1. The summed E-state index contributed by atoms with van der Waals surface area (Å²) in [7, 11) is 0. The third-order valence-electron chi connectivity index (χ3n) is 8.70. The van der Waals surface area contributed by atoms with Crippen LogP contribution in [0.3, 0.4) is 0 Å². The van der Waals surface area contributed by atoms with Gasteiger partial charge < -0.3 is 5.11 Å². The lowest BCUT2D eigenvalue weighted by molar-refractivity contribution is -0.164. The van der Waals surface area contributed by atoms with Crippen molar-refractivity contribution >= 4 is 5.78 Å². The molecule has 0 spiro atoms. The predicted octanol–water partition coefficient (Wildman–Crippen LogP) is 3.35. The van der Waals surface area contributed by atoms with Crippen LogP contribution in [-0.4, -0.2) is 17.0 Å². The summed E-state index contributed by atoms with van der Waals surface area (Å²) in [5.41, 5.74) is 2.02. The minimum absolute atomic E-state index is 0.0743. The zero-order valence-corrected chi connectivity index (χ0v) is 13.1. The molecule has 5 fully saturated rings. The average Bonchev–Trinajstić information content (AvgIpc) is 2.76. The molecule has 114 valence electrons. The molecule has 2 heteroatoms. The van der Waals surface area contributed by atoms with Gasteiger partial charge in [0.1, 0.15) is 0 Å². The molecule has 6 rings (SSSR count). The Kier molecular flexibility index (Phi) is 2.23. The summed E-state index contributed by atoms with van der Waals surface area (Å²) in [6.07, 6.45) is 8.73. The van der Waals surface area contributed by atoms with Crippen LogP contribution in [0.5, 0.6) is 0 Å². The first-order valence-corrected chi connectivity index (χ1v) is 8.89. The Morgan fingerprint density at radius 1 is 1.14 bits per heavy atom. The second-order valence-corrected chi connectivity index (χ2v) is 9.02. The molecular weight excluding hydrogens is 260 g/mol. The Balaban J connectivity index is 1.54. The van der Waals surface area contributed by atoms with Crippen molar-refractivity contribution in [2.45, 2.75) is 58.5 Å². The standard InChI is InChI=1S/C19H26O2/c1-18-6-5-14-11(13(18)3-4-17(18)21)9-12-15-7-10(20)8-16(12)19(14,15)2/h7,11-14,16-17,21H,3-6,8-9H2,1-2H3/t11-,12?,13-,14-,16?,17-,18-,19+/m0/s1. The predicted molar refractivity (Wildman–Crippen MR) is 80.5 cm³/mol. The van der Waals surface area contributed by atoms with Gasteiger partial charge in [0.2, 0.25) is 0 Å². The van der Waals surface area contributed by atoms with Gasteiger partial charge in [-0.2, -0.15) is 0 Å². The number of hydrogen-bond donors (Lipinski definition) is 1. The molecule has 6 aliphatic rings. The van der Waals surface area contributed by atoms with E-state index < -0.39 is 0 Å². The van der Waals surface area contributed by atoms with Crippen molar-refractivity contribution in [3.8, 4) is 0 Å². The molecule has 0 aliphatic heterocycles. The van der Waals surface area contributed by atoms with Crippen molar-refractivity contribution in [3.05, 3.63) is 11.6 Å². The fraction of sp³-hybridized carbons (Fsp3) is 0.842. The van der Waals surface area contributed by atoms with E-state index in [-0.39, 0.29) is 11.5 Å². The van der Waals surface area contributed by atoms with Crippen LogP contribution in [0.4, 0.5) is 0 Å². The van der Waals surface area contributed by atoms with Gasteiger partial charge in [-0.05, 0) is 78.6 Å². The summed E-state index contributed by atoms with van der Waals surface area (Å²) < 4.78 is 0. The van der Waals surface area contributed by atoms with E-state index >= 15 is 0 Å². The first-order chi connectivity index (χ1) is 9.96. The van der Waals surface area contributed by atoms with Crippen molar-refractivity contribution < 1.29 is 9.90 Å². The molecule has 1 N–H and O–H groups in total. The van der Waals surface area contributed by atoms with Gasteiger partial charge in [-0.3, -0.25) is 4.79 Å². The molecule has 2 unspecified atom stereocenters. The van der Waals surface area contributed by atoms with Gasteiger partial charge in [-0.1, -0.05) is 19.4 Å². The fourth-order valence-corrected chi connectivity index (χ4v) is 7.62. The molecular formula is C19H26O2. The van der Waals surface area contributed by atoms with Crippen LogP contribution in [0, 0.1) is 40.4 Å². The van der Waals surface area contributed by atoms with E-state index in [0.29, 0.717) is 23.0 Å². The Labute approximate surface area is 127 Å². The van der Waals surface area contributed by atoms with Crippen LogP contribution < -0.4 is 0 Å². The first-order valence-electron chi connectivity index (χ1n) is 8.89. The monoisotopic (exact) mass is 286 g/mol. The molecule has 21 heavy (non-hydrogen) atoms. The highest BCUT2D eigenvalue weighted by atomic mass is 16.3. The summed E-state index contributed by atoms with van der Waals surface area (Å²) in [6.45, 7) is 4.80. The number of aliphatic hydroxyl groups is 1. The van der Waals surface area contributed by atoms with Crippen molar-refractivity contribution in [1.29, 1.82) is 0 Å². The Hall–Kier alpha value is -0.630. The molecule has 4 bridgehead atoms. The zero-order chi connectivity index (χ0) is 14.6. The van der Waals surface area contributed by atoms with Gasteiger partial charge in [-0.25, -0.2) is 0 Å². The van der Waals surface area contributed by atoms with Crippen molar-refractivity contribution in [1.82, 2.24) is 0 Å². The Morgan fingerprint density at radius 2 is 1.95 bits per heavy atom. The lowest BCUT2D eigenvalue weighted by atomic mass is 9.33. The van der Waals surface area contributed by atoms with Crippen LogP contribution >= 0.6 is 0 Å². The van der Waals surface area contributed by atoms with E-state index in [0.717, 1.165) is 30.6 Å². The molecule has 5 saturated carbocycles. The lowest BCUT2D eigenvalue weighted by Gasteiger charge is -2.71. The normalized spacial score (nSPS) is 60.7. The summed E-state index contributed by atoms with van der Waals surface area (Å²) in [5.74, 6) is 4.02. The second kappa shape index (κ2) is 3.64. The van der Waals surface area contributed by atoms with E-state index in [2.05, 4.69) is 13.8 Å². The molecule has 0 aromatic heterocycles. The van der Waals surface area contributed by atoms with Gasteiger partial charge in [0.05, 0.1) is 6.10 Å². The van der Waals surface area contributed by atoms with Crippen molar-refractivity contribution in [3.63, 3.8) is 0 Å². The molecule has 8 atom stereocenters. The minimum Gasteiger partial charge on any atom is -0.393 e. The van der Waals surface area contributed by atoms with E-state index in [9.17, 15) is 9.90 Å². The summed E-state index contributed by atoms with van der Waals surface area (Å²) in [5, 5.41) is 10.5. The highest BCUT2D eigenvalue weighted by Gasteiger charge is 2.69. The maximum Gasteiger partial charge on any atom is 0.156 e. The van der Waals surface area contributed by atoms with Gasteiger partial charge in [-0.15, -0.1) is 0 Å². The number of aliphatic hydroxyl groups excluding tert-OH is 1. The largest absolute Gasteiger partial charge is 0.393 e. The summed E-state index contributed by atoms with van der Waals surface area (Å²) >= 11 is 0. The van der Waals surface area contributed by atoms with Crippen LogP contribution in [0.25, 0.3) is 0 Å². The van der Waals surface area contributed by atoms with Crippen LogP contribution in [0.15, 0.2) is 11.6 Å². The number of carbonyl (C=O) groups is 1. The number of carbonyl (C=O) groups excluding carboxylic acids is 1. The highest BCUT2D eigenvalue weighted by molar-refractivity contribution is 5.93. The minimum atomic E-state index is -0.0743. The van der Waals surface area contributed by atoms with Crippen molar-refractivity contribution in [2.75, 3.05) is 0 Å². The molecule has 0 aromatic rings. The van der Waals surface area contributed by atoms with Crippen LogP contribution in [0.1, 0.15) is 52.4 Å². The summed E-state index contributed by atoms with van der Waals surface area (Å²) in [6, 6.07) is 0. The number of allylic oxidation sites excluding steroid dienone is 1. The molecule has 2 nitrogen and oxygen atoms in total. The third kappa shape index (κ3) is 1.25. The van der Waals surface area contributed by atoms with E-state index in [4.69, 9.17) is 0 Å². The van der Waals surface area contributed by atoms with Gasteiger partial charge in [0.15, 0.2) is 5.78 Å². The van der Waals surface area contributed by atoms with Crippen LogP contribution in [0.2, 0.25) is 0 Å². The molecule has 0 heterocycles. The van der Waals surface area contributed by atoms with Crippen molar-refractivity contribution in [2.24, 2.45) is 40.4 Å². The quantitative estimate of drug-likeness (QED) is 0.741. The second-order valence-electron chi connectivity index (χ2n) is 9.02. The number of rotatable bonds is 0. The zero-order valence-electron chi connectivity index (χ0n) is 13.1. The topological polar surface area (TPSA) is 37.3 Å². The summed E-state index contributed by atoms with van der Waals surface area (Å²) in [4.78, 5) is 11.8. The molecule has 0 saturated heterocycles. The molecule has 0 amide bonds. The van der Waals surface area contributed by atoms with E-state index in [1.807, 2.05) is 6.08 Å². The number of fused-ring (bicyclic) bond motifs is 1.